The lowest BCUT2D eigenvalue weighted by Crippen LogP contribution is -2.30. The topological polar surface area (TPSA) is 61.8 Å². The van der Waals surface area contributed by atoms with Gasteiger partial charge in [0.25, 0.3) is 0 Å². The van der Waals surface area contributed by atoms with E-state index in [1.807, 2.05) is 0 Å². The van der Waals surface area contributed by atoms with E-state index in [1.165, 1.54) is 51.4 Å². The van der Waals surface area contributed by atoms with E-state index in [4.69, 9.17) is 14.2 Å². The van der Waals surface area contributed by atoms with Crippen molar-refractivity contribution in [1.29, 1.82) is 0 Å². The number of ether oxygens (including phenoxy) is 3. The lowest BCUT2D eigenvalue weighted by molar-refractivity contribution is -0.163. The predicted molar refractivity (Wildman–Crippen MR) is 251 cm³/mol. The highest BCUT2D eigenvalue weighted by molar-refractivity contribution is 5.70. The third-order valence-corrected chi connectivity index (χ3v) is 9.62. The molecule has 0 heterocycles. The van der Waals surface area contributed by atoms with Crippen molar-refractivity contribution < 1.29 is 23.8 Å². The number of hydrogen-bond acceptors (Lipinski definition) is 5. The van der Waals surface area contributed by atoms with E-state index in [0.717, 1.165) is 116 Å². The van der Waals surface area contributed by atoms with Gasteiger partial charge >= 0.3 is 11.9 Å². The van der Waals surface area contributed by atoms with Gasteiger partial charge in [-0.3, -0.25) is 9.59 Å². The molecule has 0 radical (unpaired) electrons. The summed E-state index contributed by atoms with van der Waals surface area (Å²) in [6.45, 7) is 7.51. The summed E-state index contributed by atoms with van der Waals surface area (Å²) in [5, 5.41) is 0. The van der Waals surface area contributed by atoms with E-state index in [1.54, 1.807) is 0 Å². The molecular weight excluding hydrogens is 717 g/mol. The van der Waals surface area contributed by atoms with Gasteiger partial charge in [-0.25, -0.2) is 0 Å². The minimum Gasteiger partial charge on any atom is -0.462 e. The van der Waals surface area contributed by atoms with E-state index >= 15 is 0 Å². The van der Waals surface area contributed by atoms with Crippen molar-refractivity contribution >= 4 is 11.9 Å². The zero-order chi connectivity index (χ0) is 42.1. The van der Waals surface area contributed by atoms with E-state index < -0.39 is 6.10 Å². The fourth-order valence-electron chi connectivity index (χ4n) is 6.14. The van der Waals surface area contributed by atoms with Crippen LogP contribution < -0.4 is 0 Å². The number of allylic oxidation sites excluding steroid dienone is 16. The summed E-state index contributed by atoms with van der Waals surface area (Å²) >= 11 is 0. The highest BCUT2D eigenvalue weighted by atomic mass is 16.6. The average molecular weight is 805 g/mol. The van der Waals surface area contributed by atoms with Crippen molar-refractivity contribution in [3.05, 3.63) is 97.2 Å². The zero-order valence-corrected chi connectivity index (χ0v) is 37.8. The second-order valence-electron chi connectivity index (χ2n) is 15.3. The Bertz CT molecular complexity index is 1140. The molecule has 0 aliphatic heterocycles. The van der Waals surface area contributed by atoms with Crippen LogP contribution in [0.1, 0.15) is 201 Å². The molecule has 0 N–H and O–H groups in total. The first-order chi connectivity index (χ1) is 28.6. The summed E-state index contributed by atoms with van der Waals surface area (Å²) in [6.07, 6.45) is 64.2. The largest absolute Gasteiger partial charge is 0.462 e. The van der Waals surface area contributed by atoms with Gasteiger partial charge in [-0.1, -0.05) is 189 Å². The smallest absolute Gasteiger partial charge is 0.306 e. The maximum Gasteiger partial charge on any atom is 0.306 e. The molecule has 0 aromatic heterocycles. The molecule has 0 fully saturated rings. The quantitative estimate of drug-likeness (QED) is 0.0349. The Morgan fingerprint density at radius 1 is 0.397 bits per heavy atom. The molecule has 0 saturated carbocycles. The lowest BCUT2D eigenvalue weighted by atomic mass is 10.1. The Morgan fingerprint density at radius 2 is 0.776 bits per heavy atom. The third-order valence-electron chi connectivity index (χ3n) is 9.62. The summed E-state index contributed by atoms with van der Waals surface area (Å²) in [7, 11) is 0. The van der Waals surface area contributed by atoms with Crippen molar-refractivity contribution in [2.24, 2.45) is 0 Å². The maximum absolute atomic E-state index is 12.7. The van der Waals surface area contributed by atoms with Gasteiger partial charge in [0.05, 0.1) is 6.61 Å². The van der Waals surface area contributed by atoms with Crippen LogP contribution in [0.2, 0.25) is 0 Å². The molecule has 0 spiro atoms. The molecule has 0 aromatic carbocycles. The van der Waals surface area contributed by atoms with Gasteiger partial charge in [0.15, 0.2) is 6.10 Å². The van der Waals surface area contributed by atoms with Crippen molar-refractivity contribution in [2.75, 3.05) is 19.8 Å². The minimum absolute atomic E-state index is 0.0592. The Labute approximate surface area is 358 Å². The second-order valence-corrected chi connectivity index (χ2v) is 15.3. The highest BCUT2D eigenvalue weighted by Crippen LogP contribution is 2.12. The zero-order valence-electron chi connectivity index (χ0n) is 37.8. The molecule has 0 rings (SSSR count). The number of rotatable bonds is 42. The lowest BCUT2D eigenvalue weighted by Gasteiger charge is -2.18. The first-order valence-electron chi connectivity index (χ1n) is 23.8. The molecule has 0 amide bonds. The average Bonchev–Trinajstić information content (AvgIpc) is 3.22. The summed E-state index contributed by atoms with van der Waals surface area (Å²) in [4.78, 5) is 25.2. The van der Waals surface area contributed by atoms with Crippen LogP contribution >= 0.6 is 0 Å². The Morgan fingerprint density at radius 3 is 1.26 bits per heavy atom. The fraction of sp³-hybridized carbons (Fsp3) is 0.660. The van der Waals surface area contributed by atoms with Gasteiger partial charge in [-0.05, 0) is 96.3 Å². The Balaban J connectivity index is 4.20. The summed E-state index contributed by atoms with van der Waals surface area (Å²) < 4.78 is 17.2. The van der Waals surface area contributed by atoms with Gasteiger partial charge < -0.3 is 14.2 Å². The van der Waals surface area contributed by atoms with Crippen LogP contribution in [0.25, 0.3) is 0 Å². The standard InChI is InChI=1S/C53H88O5/c1-4-7-10-13-16-18-20-22-24-26-27-29-30-32-34-36-38-40-43-46-52(54)57-50-51(49-56-48-45-42-15-12-9-6-3)58-53(55)47-44-41-39-37-35-33-31-28-25-23-21-19-17-14-11-8-5-2/h7-8,10-11,16-19,22-25,27,29,32,34,51H,4-6,9,12-15,20-21,26,28,30-31,33,35-50H2,1-3H3/b10-7-,11-8-,18-16-,19-17-,24-22-,25-23-,29-27-,34-32-. The molecule has 0 aliphatic carbocycles. The van der Waals surface area contributed by atoms with E-state index in [-0.39, 0.29) is 25.2 Å². The molecule has 1 atom stereocenters. The van der Waals surface area contributed by atoms with Crippen molar-refractivity contribution in [2.45, 2.75) is 207 Å². The molecular formula is C53H88O5. The summed E-state index contributed by atoms with van der Waals surface area (Å²) in [5.74, 6) is -0.454. The summed E-state index contributed by atoms with van der Waals surface area (Å²) in [6, 6.07) is 0. The molecule has 0 saturated heterocycles. The van der Waals surface area contributed by atoms with Crippen LogP contribution in [0.5, 0.6) is 0 Å². The Kier molecular flexibility index (Phi) is 45.5. The molecule has 5 heteroatoms. The molecule has 0 aromatic rings. The minimum atomic E-state index is -0.556. The highest BCUT2D eigenvalue weighted by Gasteiger charge is 2.17. The van der Waals surface area contributed by atoms with Crippen LogP contribution in [-0.2, 0) is 23.8 Å². The van der Waals surface area contributed by atoms with Gasteiger partial charge in [0.2, 0.25) is 0 Å². The van der Waals surface area contributed by atoms with Gasteiger partial charge in [-0.2, -0.15) is 0 Å². The third kappa shape index (κ3) is 45.5. The van der Waals surface area contributed by atoms with E-state index in [0.29, 0.717) is 19.4 Å². The normalized spacial score (nSPS) is 13.1. The van der Waals surface area contributed by atoms with E-state index in [2.05, 4.69) is 118 Å². The van der Waals surface area contributed by atoms with Crippen LogP contribution in [0.4, 0.5) is 0 Å². The number of unbranched alkanes of at least 4 members (excludes halogenated alkanes) is 15. The Hall–Kier alpha value is -3.18. The van der Waals surface area contributed by atoms with Crippen LogP contribution in [0.3, 0.4) is 0 Å². The second kappa shape index (κ2) is 48.2. The van der Waals surface area contributed by atoms with Crippen molar-refractivity contribution in [1.82, 2.24) is 0 Å². The van der Waals surface area contributed by atoms with Gasteiger partial charge in [-0.15, -0.1) is 0 Å². The number of carbonyl (C=O) groups is 2. The van der Waals surface area contributed by atoms with Gasteiger partial charge in [0.1, 0.15) is 6.61 Å². The fourth-order valence-corrected chi connectivity index (χ4v) is 6.14. The number of hydrogen-bond donors (Lipinski definition) is 0. The molecule has 0 bridgehead atoms. The van der Waals surface area contributed by atoms with Gasteiger partial charge in [0, 0.05) is 19.4 Å². The SMILES string of the molecule is CC/C=C\C/C=C\C/C=C\C/C=C\C/C=C\CCCCCC(=O)OCC(COCCCCCCCC)OC(=O)CCCCCCCCC/C=C\C/C=C\C/C=C\CC. The maximum atomic E-state index is 12.7. The molecule has 0 aliphatic rings. The van der Waals surface area contributed by atoms with E-state index in [9.17, 15) is 9.59 Å². The first-order valence-corrected chi connectivity index (χ1v) is 23.8. The monoisotopic (exact) mass is 805 g/mol. The van der Waals surface area contributed by atoms with Crippen LogP contribution in [0.15, 0.2) is 97.2 Å². The van der Waals surface area contributed by atoms with Crippen molar-refractivity contribution in [3.8, 4) is 0 Å². The van der Waals surface area contributed by atoms with Crippen LogP contribution in [-0.4, -0.2) is 37.9 Å². The molecule has 330 valence electrons. The number of esters is 2. The van der Waals surface area contributed by atoms with Crippen molar-refractivity contribution in [3.63, 3.8) is 0 Å². The molecule has 58 heavy (non-hydrogen) atoms. The first kappa shape index (κ1) is 54.8. The molecule has 5 nitrogen and oxygen atoms in total. The number of carbonyl (C=O) groups excluding carboxylic acids is 2. The molecule has 1 unspecified atom stereocenters. The summed E-state index contributed by atoms with van der Waals surface area (Å²) in [5.41, 5.74) is 0. The van der Waals surface area contributed by atoms with Crippen LogP contribution in [0, 0.1) is 0 Å². The predicted octanol–water partition coefficient (Wildman–Crippen LogP) is 15.9.